The SMILES string of the molecule is CCOc1ccc(C(=O)N[C@@H](C)c2ccc(F)cc2F)cc1OC. The van der Waals surface area contributed by atoms with Gasteiger partial charge in [0.1, 0.15) is 11.6 Å². The van der Waals surface area contributed by atoms with Crippen LogP contribution in [0.5, 0.6) is 11.5 Å². The zero-order valence-corrected chi connectivity index (χ0v) is 13.7. The van der Waals surface area contributed by atoms with Gasteiger partial charge in [0, 0.05) is 17.2 Å². The number of benzene rings is 2. The van der Waals surface area contributed by atoms with Gasteiger partial charge in [0.15, 0.2) is 11.5 Å². The zero-order valence-electron chi connectivity index (χ0n) is 13.7. The summed E-state index contributed by atoms with van der Waals surface area (Å²) in [6.45, 7) is 3.95. The maximum atomic E-state index is 13.8. The average molecular weight is 335 g/mol. The molecule has 1 amide bonds. The van der Waals surface area contributed by atoms with Crippen LogP contribution >= 0.6 is 0 Å². The minimum atomic E-state index is -0.702. The minimum Gasteiger partial charge on any atom is -0.493 e. The van der Waals surface area contributed by atoms with Gasteiger partial charge in [-0.25, -0.2) is 8.78 Å². The van der Waals surface area contributed by atoms with Crippen molar-refractivity contribution in [1.82, 2.24) is 5.32 Å². The molecule has 2 rings (SSSR count). The topological polar surface area (TPSA) is 47.6 Å². The van der Waals surface area contributed by atoms with Crippen molar-refractivity contribution >= 4 is 5.91 Å². The average Bonchev–Trinajstić information content (AvgIpc) is 2.55. The highest BCUT2D eigenvalue weighted by atomic mass is 19.1. The van der Waals surface area contributed by atoms with E-state index in [0.29, 0.717) is 23.7 Å². The summed E-state index contributed by atoms with van der Waals surface area (Å²) < 4.78 is 37.4. The van der Waals surface area contributed by atoms with Crippen molar-refractivity contribution in [2.75, 3.05) is 13.7 Å². The first-order chi connectivity index (χ1) is 11.5. The Morgan fingerprint density at radius 2 is 1.92 bits per heavy atom. The Bertz CT molecular complexity index is 734. The number of amides is 1. The van der Waals surface area contributed by atoms with E-state index in [0.717, 1.165) is 12.1 Å². The van der Waals surface area contributed by atoms with Crippen LogP contribution in [0.4, 0.5) is 8.78 Å². The molecule has 0 aliphatic heterocycles. The number of carbonyl (C=O) groups is 1. The molecule has 4 nitrogen and oxygen atoms in total. The van der Waals surface area contributed by atoms with Gasteiger partial charge in [-0.3, -0.25) is 4.79 Å². The highest BCUT2D eigenvalue weighted by Gasteiger charge is 2.17. The summed E-state index contributed by atoms with van der Waals surface area (Å²) in [6, 6.07) is 7.42. The van der Waals surface area contributed by atoms with Crippen molar-refractivity contribution in [3.63, 3.8) is 0 Å². The van der Waals surface area contributed by atoms with E-state index in [1.807, 2.05) is 6.92 Å². The number of methoxy groups -OCH3 is 1. The first kappa shape index (κ1) is 17.7. The molecule has 0 unspecified atom stereocenters. The van der Waals surface area contributed by atoms with Crippen molar-refractivity contribution in [3.8, 4) is 11.5 Å². The molecule has 0 fully saturated rings. The summed E-state index contributed by atoms with van der Waals surface area (Å²) in [5, 5.41) is 2.68. The molecular formula is C18H19F2NO3. The van der Waals surface area contributed by atoms with Gasteiger partial charge in [-0.15, -0.1) is 0 Å². The molecule has 0 aliphatic rings. The Morgan fingerprint density at radius 1 is 1.17 bits per heavy atom. The van der Waals surface area contributed by atoms with E-state index in [1.165, 1.54) is 13.2 Å². The molecule has 0 heterocycles. The molecule has 0 spiro atoms. The van der Waals surface area contributed by atoms with E-state index in [4.69, 9.17) is 9.47 Å². The van der Waals surface area contributed by atoms with Crippen LogP contribution in [0.3, 0.4) is 0 Å². The van der Waals surface area contributed by atoms with Crippen LogP contribution in [-0.4, -0.2) is 19.6 Å². The minimum absolute atomic E-state index is 0.211. The fourth-order valence-corrected chi connectivity index (χ4v) is 2.29. The van der Waals surface area contributed by atoms with Gasteiger partial charge in [0.25, 0.3) is 5.91 Å². The predicted molar refractivity (Wildman–Crippen MR) is 86.4 cm³/mol. The van der Waals surface area contributed by atoms with E-state index in [2.05, 4.69) is 5.32 Å². The Morgan fingerprint density at radius 3 is 2.54 bits per heavy atom. The molecular weight excluding hydrogens is 316 g/mol. The Hall–Kier alpha value is -2.63. The summed E-state index contributed by atoms with van der Waals surface area (Å²) in [5.74, 6) is -0.787. The lowest BCUT2D eigenvalue weighted by Crippen LogP contribution is -2.27. The van der Waals surface area contributed by atoms with Crippen molar-refractivity contribution in [2.45, 2.75) is 19.9 Å². The summed E-state index contributed by atoms with van der Waals surface area (Å²) in [6.07, 6.45) is 0. The van der Waals surface area contributed by atoms with Crippen molar-refractivity contribution in [3.05, 3.63) is 59.2 Å². The standard InChI is InChI=1S/C18H19F2NO3/c1-4-24-16-8-5-12(9-17(16)23-3)18(22)21-11(2)14-7-6-13(19)10-15(14)20/h5-11H,4H2,1-3H3,(H,21,22)/t11-/m0/s1. The monoisotopic (exact) mass is 335 g/mol. The summed E-state index contributed by atoms with van der Waals surface area (Å²) in [5.41, 5.74) is 0.562. The number of carbonyl (C=O) groups excluding carboxylic acids is 1. The normalized spacial score (nSPS) is 11.7. The predicted octanol–water partition coefficient (Wildman–Crippen LogP) is 3.86. The number of ether oxygens (including phenoxy) is 2. The molecule has 128 valence electrons. The first-order valence-electron chi connectivity index (χ1n) is 7.53. The maximum absolute atomic E-state index is 13.8. The number of rotatable bonds is 6. The van der Waals surface area contributed by atoms with Gasteiger partial charge in [0.2, 0.25) is 0 Å². The molecule has 0 aliphatic carbocycles. The van der Waals surface area contributed by atoms with Gasteiger partial charge >= 0.3 is 0 Å². The van der Waals surface area contributed by atoms with Crippen molar-refractivity contribution < 1.29 is 23.0 Å². The lowest BCUT2D eigenvalue weighted by molar-refractivity contribution is 0.0939. The second kappa shape index (κ2) is 7.77. The molecule has 0 bridgehead atoms. The van der Waals surface area contributed by atoms with Crippen molar-refractivity contribution in [1.29, 1.82) is 0 Å². The third kappa shape index (κ3) is 4.01. The fourth-order valence-electron chi connectivity index (χ4n) is 2.29. The highest BCUT2D eigenvalue weighted by Crippen LogP contribution is 2.28. The molecule has 2 aromatic rings. The van der Waals surface area contributed by atoms with Crippen LogP contribution in [0.1, 0.15) is 35.8 Å². The molecule has 1 N–H and O–H groups in total. The molecule has 24 heavy (non-hydrogen) atoms. The van der Waals surface area contributed by atoms with Gasteiger partial charge in [-0.2, -0.15) is 0 Å². The number of halogens is 2. The molecule has 1 atom stereocenters. The lowest BCUT2D eigenvalue weighted by atomic mass is 10.1. The molecule has 6 heteroatoms. The highest BCUT2D eigenvalue weighted by molar-refractivity contribution is 5.95. The van der Waals surface area contributed by atoms with Crippen LogP contribution in [-0.2, 0) is 0 Å². The van der Waals surface area contributed by atoms with Gasteiger partial charge in [-0.1, -0.05) is 6.07 Å². The van der Waals surface area contributed by atoms with Crippen molar-refractivity contribution in [2.24, 2.45) is 0 Å². The molecule has 0 aromatic heterocycles. The second-order valence-corrected chi connectivity index (χ2v) is 5.16. The van der Waals surface area contributed by atoms with Crippen LogP contribution in [0, 0.1) is 11.6 Å². The Labute approximate surface area is 139 Å². The van der Waals surface area contributed by atoms with E-state index in [9.17, 15) is 13.6 Å². The number of hydrogen-bond acceptors (Lipinski definition) is 3. The number of hydrogen-bond donors (Lipinski definition) is 1. The third-order valence-electron chi connectivity index (χ3n) is 3.50. The third-order valence-corrected chi connectivity index (χ3v) is 3.50. The van der Waals surface area contributed by atoms with Gasteiger partial charge < -0.3 is 14.8 Å². The quantitative estimate of drug-likeness (QED) is 0.872. The zero-order chi connectivity index (χ0) is 17.7. The second-order valence-electron chi connectivity index (χ2n) is 5.16. The maximum Gasteiger partial charge on any atom is 0.251 e. The summed E-state index contributed by atoms with van der Waals surface area (Å²) in [7, 11) is 1.48. The number of nitrogens with one attached hydrogen (secondary N) is 1. The largest absolute Gasteiger partial charge is 0.493 e. The summed E-state index contributed by atoms with van der Waals surface area (Å²) in [4.78, 5) is 12.3. The molecule has 2 aromatic carbocycles. The van der Waals surface area contributed by atoms with E-state index in [1.54, 1.807) is 25.1 Å². The fraction of sp³-hybridized carbons (Fsp3) is 0.278. The Kier molecular flexibility index (Phi) is 5.73. The van der Waals surface area contributed by atoms with E-state index in [-0.39, 0.29) is 5.56 Å². The van der Waals surface area contributed by atoms with Crippen LogP contribution < -0.4 is 14.8 Å². The van der Waals surface area contributed by atoms with Gasteiger partial charge in [0.05, 0.1) is 19.8 Å². The molecule has 0 radical (unpaired) electrons. The van der Waals surface area contributed by atoms with Crippen LogP contribution in [0.15, 0.2) is 36.4 Å². The smallest absolute Gasteiger partial charge is 0.251 e. The van der Waals surface area contributed by atoms with Crippen LogP contribution in [0.25, 0.3) is 0 Å². The summed E-state index contributed by atoms with van der Waals surface area (Å²) >= 11 is 0. The molecule has 0 saturated carbocycles. The van der Waals surface area contributed by atoms with Crippen LogP contribution in [0.2, 0.25) is 0 Å². The Balaban J connectivity index is 2.17. The van der Waals surface area contributed by atoms with Gasteiger partial charge in [-0.05, 0) is 38.1 Å². The van der Waals surface area contributed by atoms with E-state index >= 15 is 0 Å². The molecule has 0 saturated heterocycles. The lowest BCUT2D eigenvalue weighted by Gasteiger charge is -2.16. The van der Waals surface area contributed by atoms with E-state index < -0.39 is 23.6 Å². The first-order valence-corrected chi connectivity index (χ1v) is 7.53.